The van der Waals surface area contributed by atoms with Crippen LogP contribution in [0, 0.1) is 5.92 Å². The average molecular weight is 288 g/mol. The van der Waals surface area contributed by atoms with Crippen LogP contribution in [0.15, 0.2) is 30.6 Å². The number of ether oxygens (including phenoxy) is 1. The fourth-order valence-electron chi connectivity index (χ4n) is 2.06. The molecule has 1 heterocycles. The summed E-state index contributed by atoms with van der Waals surface area (Å²) in [5.74, 6) is 2.26. The monoisotopic (exact) mass is 288 g/mol. The molecule has 5 heteroatoms. The van der Waals surface area contributed by atoms with Crippen LogP contribution in [0.5, 0.6) is 5.75 Å². The molecular formula is C16H24N4O. The molecule has 2 aromatic rings. The van der Waals surface area contributed by atoms with Crippen LogP contribution in [0.4, 0.5) is 0 Å². The maximum Gasteiger partial charge on any atom is 0.164 e. The lowest BCUT2D eigenvalue weighted by molar-refractivity contribution is 0.282. The van der Waals surface area contributed by atoms with Gasteiger partial charge in [0.05, 0.1) is 0 Å². The minimum absolute atomic E-state index is 0.442. The van der Waals surface area contributed by atoms with Crippen molar-refractivity contribution in [1.82, 2.24) is 20.1 Å². The van der Waals surface area contributed by atoms with Crippen LogP contribution < -0.4 is 10.1 Å². The Hall–Kier alpha value is -1.88. The molecule has 21 heavy (non-hydrogen) atoms. The second kappa shape index (κ2) is 7.78. The summed E-state index contributed by atoms with van der Waals surface area (Å²) in [5.41, 5.74) is 1.22. The Morgan fingerprint density at radius 2 is 2.19 bits per heavy atom. The van der Waals surface area contributed by atoms with Crippen molar-refractivity contribution in [3.8, 4) is 5.75 Å². The first-order valence-corrected chi connectivity index (χ1v) is 7.48. The van der Waals surface area contributed by atoms with Gasteiger partial charge in [-0.2, -0.15) is 5.10 Å². The number of aromatic nitrogens is 3. The quantitative estimate of drug-likeness (QED) is 0.811. The topological polar surface area (TPSA) is 52.0 Å². The fraction of sp³-hybridized carbons (Fsp3) is 0.500. The summed E-state index contributed by atoms with van der Waals surface area (Å²) in [5, 5.41) is 7.55. The summed E-state index contributed by atoms with van der Waals surface area (Å²) in [4.78, 5) is 4.27. The Kier molecular flexibility index (Phi) is 5.75. The van der Waals surface area contributed by atoms with Crippen molar-refractivity contribution in [3.05, 3.63) is 42.0 Å². The average Bonchev–Trinajstić information content (AvgIpc) is 2.90. The number of hydrogen-bond acceptors (Lipinski definition) is 4. The van der Waals surface area contributed by atoms with Crippen LogP contribution in [0.3, 0.4) is 0 Å². The maximum atomic E-state index is 5.84. The molecule has 0 radical (unpaired) electrons. The third-order valence-electron chi connectivity index (χ3n) is 3.08. The van der Waals surface area contributed by atoms with E-state index in [1.807, 2.05) is 16.8 Å². The lowest BCUT2D eigenvalue weighted by atomic mass is 10.2. The van der Waals surface area contributed by atoms with Gasteiger partial charge < -0.3 is 10.1 Å². The molecule has 114 valence electrons. The number of nitrogens with one attached hydrogen (secondary N) is 1. The molecule has 0 aliphatic rings. The van der Waals surface area contributed by atoms with E-state index in [-0.39, 0.29) is 0 Å². The molecule has 0 fully saturated rings. The van der Waals surface area contributed by atoms with Crippen molar-refractivity contribution >= 4 is 0 Å². The van der Waals surface area contributed by atoms with E-state index < -0.39 is 0 Å². The van der Waals surface area contributed by atoms with E-state index in [1.165, 1.54) is 5.56 Å². The van der Waals surface area contributed by atoms with Crippen molar-refractivity contribution < 1.29 is 4.74 Å². The van der Waals surface area contributed by atoms with Crippen LogP contribution in [-0.2, 0) is 19.7 Å². The van der Waals surface area contributed by atoms with Gasteiger partial charge in [0.25, 0.3) is 0 Å². The SMILES string of the molecule is CCNCc1cccc(OCc2ncnn2CC(C)C)c1. The second-order valence-corrected chi connectivity index (χ2v) is 5.47. The summed E-state index contributed by atoms with van der Waals surface area (Å²) < 4.78 is 7.75. The number of nitrogens with zero attached hydrogens (tertiary/aromatic N) is 3. The molecule has 1 aromatic carbocycles. The highest BCUT2D eigenvalue weighted by Gasteiger charge is 2.07. The summed E-state index contributed by atoms with van der Waals surface area (Å²) in [6.07, 6.45) is 1.59. The van der Waals surface area contributed by atoms with E-state index in [0.717, 1.165) is 31.2 Å². The van der Waals surface area contributed by atoms with E-state index in [1.54, 1.807) is 6.33 Å². The van der Waals surface area contributed by atoms with E-state index in [2.05, 4.69) is 48.3 Å². The van der Waals surface area contributed by atoms with E-state index in [4.69, 9.17) is 4.74 Å². The van der Waals surface area contributed by atoms with E-state index in [9.17, 15) is 0 Å². The van der Waals surface area contributed by atoms with Crippen LogP contribution in [0.1, 0.15) is 32.2 Å². The number of benzene rings is 1. The first-order chi connectivity index (χ1) is 10.2. The first-order valence-electron chi connectivity index (χ1n) is 7.48. The van der Waals surface area contributed by atoms with Gasteiger partial charge in [-0.25, -0.2) is 9.67 Å². The Morgan fingerprint density at radius 3 is 2.95 bits per heavy atom. The zero-order chi connectivity index (χ0) is 15.1. The van der Waals surface area contributed by atoms with Gasteiger partial charge >= 0.3 is 0 Å². The van der Waals surface area contributed by atoms with Gasteiger partial charge in [0.2, 0.25) is 0 Å². The minimum Gasteiger partial charge on any atom is -0.486 e. The van der Waals surface area contributed by atoms with Crippen LogP contribution in [0.2, 0.25) is 0 Å². The summed E-state index contributed by atoms with van der Waals surface area (Å²) in [7, 11) is 0. The van der Waals surface area contributed by atoms with Crippen LogP contribution in [-0.4, -0.2) is 21.3 Å². The van der Waals surface area contributed by atoms with Gasteiger partial charge in [-0.3, -0.25) is 0 Å². The van der Waals surface area contributed by atoms with Crippen molar-refractivity contribution in [3.63, 3.8) is 0 Å². The molecule has 0 amide bonds. The molecule has 0 unspecified atom stereocenters. The number of rotatable bonds is 8. The largest absolute Gasteiger partial charge is 0.486 e. The molecule has 0 atom stereocenters. The maximum absolute atomic E-state index is 5.84. The number of hydrogen-bond donors (Lipinski definition) is 1. The van der Waals surface area contributed by atoms with Gasteiger partial charge in [-0.15, -0.1) is 0 Å². The Balaban J connectivity index is 1.95. The highest BCUT2D eigenvalue weighted by Crippen LogP contribution is 2.15. The normalized spacial score (nSPS) is 11.0. The molecule has 1 aromatic heterocycles. The molecule has 0 aliphatic heterocycles. The Morgan fingerprint density at radius 1 is 1.33 bits per heavy atom. The van der Waals surface area contributed by atoms with Crippen molar-refractivity contribution in [2.24, 2.45) is 5.92 Å². The molecule has 0 saturated carbocycles. The zero-order valence-corrected chi connectivity index (χ0v) is 13.0. The van der Waals surface area contributed by atoms with Crippen molar-refractivity contribution in [1.29, 1.82) is 0 Å². The molecule has 0 spiro atoms. The Labute approximate surface area is 126 Å². The van der Waals surface area contributed by atoms with Gasteiger partial charge in [0.1, 0.15) is 18.7 Å². The van der Waals surface area contributed by atoms with Crippen LogP contribution >= 0.6 is 0 Å². The predicted molar refractivity (Wildman–Crippen MR) is 83.0 cm³/mol. The third kappa shape index (κ3) is 4.86. The minimum atomic E-state index is 0.442. The zero-order valence-electron chi connectivity index (χ0n) is 13.0. The van der Waals surface area contributed by atoms with E-state index in [0.29, 0.717) is 12.5 Å². The van der Waals surface area contributed by atoms with Crippen molar-refractivity contribution in [2.75, 3.05) is 6.54 Å². The van der Waals surface area contributed by atoms with Gasteiger partial charge in [0, 0.05) is 13.1 Å². The third-order valence-corrected chi connectivity index (χ3v) is 3.08. The molecule has 5 nitrogen and oxygen atoms in total. The molecule has 0 saturated heterocycles. The predicted octanol–water partition coefficient (Wildman–Crippen LogP) is 2.62. The smallest absolute Gasteiger partial charge is 0.164 e. The van der Waals surface area contributed by atoms with Crippen LogP contribution in [0.25, 0.3) is 0 Å². The standard InChI is InChI=1S/C16H24N4O/c1-4-17-9-14-6-5-7-15(8-14)21-11-16-18-12-19-20(16)10-13(2)3/h5-8,12-13,17H,4,9-11H2,1-3H3. The molecule has 2 rings (SSSR count). The summed E-state index contributed by atoms with van der Waals surface area (Å²) in [6, 6.07) is 8.14. The summed E-state index contributed by atoms with van der Waals surface area (Å²) in [6.45, 7) is 9.55. The molecule has 1 N–H and O–H groups in total. The Bertz CT molecular complexity index is 551. The van der Waals surface area contributed by atoms with Gasteiger partial charge in [-0.05, 0) is 30.2 Å². The highest BCUT2D eigenvalue weighted by molar-refractivity contribution is 5.28. The van der Waals surface area contributed by atoms with E-state index >= 15 is 0 Å². The summed E-state index contributed by atoms with van der Waals surface area (Å²) >= 11 is 0. The lowest BCUT2D eigenvalue weighted by Gasteiger charge is -2.10. The molecular weight excluding hydrogens is 264 g/mol. The first kappa shape index (κ1) is 15.5. The molecule has 0 aliphatic carbocycles. The second-order valence-electron chi connectivity index (χ2n) is 5.47. The van der Waals surface area contributed by atoms with Gasteiger partial charge in [0.15, 0.2) is 5.82 Å². The molecule has 0 bridgehead atoms. The fourth-order valence-corrected chi connectivity index (χ4v) is 2.06. The van der Waals surface area contributed by atoms with Gasteiger partial charge in [-0.1, -0.05) is 32.9 Å². The van der Waals surface area contributed by atoms with Crippen molar-refractivity contribution in [2.45, 2.75) is 40.5 Å². The lowest BCUT2D eigenvalue weighted by Crippen LogP contribution is -2.13. The highest BCUT2D eigenvalue weighted by atomic mass is 16.5.